The van der Waals surface area contributed by atoms with Gasteiger partial charge in [-0.05, 0) is 46.9 Å². The first-order chi connectivity index (χ1) is 9.38. The fraction of sp³-hybridized carbons (Fsp3) is 0. The van der Waals surface area contributed by atoms with Gasteiger partial charge in [0.25, 0.3) is 5.91 Å². The SMILES string of the molecule is O=C(Nc1c(F)cc(F)cc1Cl)c1ccc(I)c(Cl)c1. The third kappa shape index (κ3) is 3.39. The van der Waals surface area contributed by atoms with Crippen LogP contribution in [0.5, 0.6) is 0 Å². The molecule has 0 spiro atoms. The molecular formula is C13H6Cl2F2INO. The third-order valence-corrected chi connectivity index (χ3v) is 4.30. The summed E-state index contributed by atoms with van der Waals surface area (Å²) in [4.78, 5) is 12.0. The summed E-state index contributed by atoms with van der Waals surface area (Å²) in [5.74, 6) is -2.35. The van der Waals surface area contributed by atoms with Crippen LogP contribution in [0.25, 0.3) is 0 Å². The Morgan fingerprint density at radius 1 is 1.10 bits per heavy atom. The highest BCUT2D eigenvalue weighted by Gasteiger charge is 2.15. The van der Waals surface area contributed by atoms with Gasteiger partial charge >= 0.3 is 0 Å². The van der Waals surface area contributed by atoms with Gasteiger partial charge in [0, 0.05) is 15.2 Å². The molecule has 0 unspecified atom stereocenters. The van der Waals surface area contributed by atoms with E-state index in [0.29, 0.717) is 11.1 Å². The zero-order chi connectivity index (χ0) is 14.9. The molecule has 0 heterocycles. The molecule has 20 heavy (non-hydrogen) atoms. The second-order valence-electron chi connectivity index (χ2n) is 3.83. The molecule has 0 fully saturated rings. The number of amides is 1. The molecule has 2 aromatic carbocycles. The van der Waals surface area contributed by atoms with Gasteiger partial charge < -0.3 is 5.32 Å². The van der Waals surface area contributed by atoms with Gasteiger partial charge in [-0.15, -0.1) is 0 Å². The Hall–Kier alpha value is -0.920. The molecule has 0 saturated carbocycles. The molecule has 2 nitrogen and oxygen atoms in total. The van der Waals surface area contributed by atoms with Crippen LogP contribution in [0.4, 0.5) is 14.5 Å². The van der Waals surface area contributed by atoms with Gasteiger partial charge in [-0.3, -0.25) is 4.79 Å². The fourth-order valence-corrected chi connectivity index (χ4v) is 2.24. The van der Waals surface area contributed by atoms with Gasteiger partial charge in [-0.1, -0.05) is 23.2 Å². The molecular weight excluding hydrogens is 422 g/mol. The Balaban J connectivity index is 2.30. The van der Waals surface area contributed by atoms with E-state index in [0.717, 1.165) is 9.64 Å². The Morgan fingerprint density at radius 2 is 1.80 bits per heavy atom. The molecule has 0 radical (unpaired) electrons. The summed E-state index contributed by atoms with van der Waals surface area (Å²) in [5.41, 5.74) is -0.0250. The molecule has 0 aliphatic carbocycles. The maximum atomic E-state index is 13.6. The predicted molar refractivity (Wildman–Crippen MR) is 83.5 cm³/mol. The van der Waals surface area contributed by atoms with Crippen LogP contribution in [0.2, 0.25) is 10.0 Å². The zero-order valence-corrected chi connectivity index (χ0v) is 13.4. The minimum atomic E-state index is -0.944. The van der Waals surface area contributed by atoms with E-state index in [1.165, 1.54) is 12.1 Å². The second kappa shape index (κ2) is 6.24. The van der Waals surface area contributed by atoms with E-state index >= 15 is 0 Å². The predicted octanol–water partition coefficient (Wildman–Crippen LogP) is 5.13. The number of anilines is 1. The zero-order valence-electron chi connectivity index (χ0n) is 9.68. The third-order valence-electron chi connectivity index (χ3n) is 2.43. The molecule has 104 valence electrons. The number of carbonyl (C=O) groups is 1. The number of halogens is 5. The summed E-state index contributed by atoms with van der Waals surface area (Å²) in [6.45, 7) is 0. The minimum Gasteiger partial charge on any atom is -0.318 e. The van der Waals surface area contributed by atoms with Crippen molar-refractivity contribution in [3.05, 3.63) is 61.1 Å². The van der Waals surface area contributed by atoms with Crippen molar-refractivity contribution in [2.45, 2.75) is 0 Å². The van der Waals surface area contributed by atoms with Gasteiger partial charge in [-0.25, -0.2) is 8.78 Å². The van der Waals surface area contributed by atoms with Crippen molar-refractivity contribution in [1.82, 2.24) is 0 Å². The summed E-state index contributed by atoms with van der Waals surface area (Å²) in [7, 11) is 0. The summed E-state index contributed by atoms with van der Waals surface area (Å²) in [6, 6.07) is 6.20. The molecule has 2 rings (SSSR count). The Labute approximate surface area is 137 Å². The van der Waals surface area contributed by atoms with Gasteiger partial charge in [0.2, 0.25) is 0 Å². The fourth-order valence-electron chi connectivity index (χ4n) is 1.48. The van der Waals surface area contributed by atoms with Crippen LogP contribution in [-0.4, -0.2) is 5.91 Å². The van der Waals surface area contributed by atoms with Crippen LogP contribution in [0, 0.1) is 15.2 Å². The van der Waals surface area contributed by atoms with Crippen LogP contribution in [0.1, 0.15) is 10.4 Å². The van der Waals surface area contributed by atoms with Crippen LogP contribution in [-0.2, 0) is 0 Å². The molecule has 7 heteroatoms. The average molecular weight is 428 g/mol. The number of hydrogen-bond acceptors (Lipinski definition) is 1. The summed E-state index contributed by atoms with van der Waals surface area (Å²) in [6.07, 6.45) is 0. The number of rotatable bonds is 2. The van der Waals surface area contributed by atoms with Crippen LogP contribution in [0.3, 0.4) is 0 Å². The largest absolute Gasteiger partial charge is 0.318 e. The first-order valence-electron chi connectivity index (χ1n) is 5.29. The standard InChI is InChI=1S/C13H6Cl2F2INO/c14-8-3-6(1-2-11(8)18)13(20)19-12-9(15)4-7(16)5-10(12)17/h1-5H,(H,19,20). The molecule has 2 aromatic rings. The van der Waals surface area contributed by atoms with E-state index in [1.807, 2.05) is 22.6 Å². The quantitative estimate of drug-likeness (QED) is 0.661. The topological polar surface area (TPSA) is 29.1 Å². The highest BCUT2D eigenvalue weighted by molar-refractivity contribution is 14.1. The lowest BCUT2D eigenvalue weighted by atomic mass is 10.2. The lowest BCUT2D eigenvalue weighted by Gasteiger charge is -2.09. The molecule has 0 aliphatic heterocycles. The van der Waals surface area contributed by atoms with Gasteiger partial charge in [0.05, 0.1) is 15.7 Å². The monoisotopic (exact) mass is 427 g/mol. The second-order valence-corrected chi connectivity index (χ2v) is 5.80. The molecule has 0 bridgehead atoms. The number of hydrogen-bond donors (Lipinski definition) is 1. The van der Waals surface area contributed by atoms with Crippen molar-refractivity contribution in [3.8, 4) is 0 Å². The van der Waals surface area contributed by atoms with Crippen molar-refractivity contribution in [3.63, 3.8) is 0 Å². The smallest absolute Gasteiger partial charge is 0.255 e. The maximum absolute atomic E-state index is 13.6. The Kier molecular flexibility index (Phi) is 4.82. The highest BCUT2D eigenvalue weighted by Crippen LogP contribution is 2.27. The summed E-state index contributed by atoms with van der Waals surface area (Å²) < 4.78 is 27.3. The normalized spacial score (nSPS) is 10.4. The molecule has 0 saturated heterocycles. The van der Waals surface area contributed by atoms with Crippen LogP contribution < -0.4 is 5.32 Å². The van der Waals surface area contributed by atoms with Crippen molar-refractivity contribution >= 4 is 57.4 Å². The van der Waals surface area contributed by atoms with Crippen molar-refractivity contribution in [2.24, 2.45) is 0 Å². The summed E-state index contributed by atoms with van der Waals surface area (Å²) in [5, 5.41) is 2.49. The van der Waals surface area contributed by atoms with E-state index in [4.69, 9.17) is 23.2 Å². The van der Waals surface area contributed by atoms with Gasteiger partial charge in [-0.2, -0.15) is 0 Å². The summed E-state index contributed by atoms with van der Waals surface area (Å²) >= 11 is 13.6. The van der Waals surface area contributed by atoms with Crippen molar-refractivity contribution in [1.29, 1.82) is 0 Å². The first-order valence-corrected chi connectivity index (χ1v) is 7.13. The van der Waals surface area contributed by atoms with E-state index in [-0.39, 0.29) is 16.3 Å². The van der Waals surface area contributed by atoms with Gasteiger partial charge in [0.1, 0.15) is 5.82 Å². The average Bonchev–Trinajstić information content (AvgIpc) is 2.36. The molecule has 1 N–H and O–H groups in total. The maximum Gasteiger partial charge on any atom is 0.255 e. The van der Waals surface area contributed by atoms with E-state index in [1.54, 1.807) is 6.07 Å². The van der Waals surface area contributed by atoms with E-state index in [9.17, 15) is 13.6 Å². The minimum absolute atomic E-state index is 0.215. The number of carbonyl (C=O) groups excluding carboxylic acids is 1. The van der Waals surface area contributed by atoms with Crippen molar-refractivity contribution in [2.75, 3.05) is 5.32 Å². The van der Waals surface area contributed by atoms with Gasteiger partial charge in [0.15, 0.2) is 5.82 Å². The number of nitrogens with one attached hydrogen (secondary N) is 1. The molecule has 1 amide bonds. The molecule has 0 aromatic heterocycles. The van der Waals surface area contributed by atoms with Crippen LogP contribution in [0.15, 0.2) is 30.3 Å². The first kappa shape index (κ1) is 15.5. The lowest BCUT2D eigenvalue weighted by Crippen LogP contribution is -2.13. The lowest BCUT2D eigenvalue weighted by molar-refractivity contribution is 0.102. The Morgan fingerprint density at radius 3 is 2.40 bits per heavy atom. The van der Waals surface area contributed by atoms with Crippen molar-refractivity contribution < 1.29 is 13.6 Å². The highest BCUT2D eigenvalue weighted by atomic mass is 127. The Bertz CT molecular complexity index is 671. The molecule has 0 atom stereocenters. The number of benzene rings is 2. The van der Waals surface area contributed by atoms with Crippen LogP contribution >= 0.6 is 45.8 Å². The van der Waals surface area contributed by atoms with E-state index < -0.39 is 17.5 Å². The molecule has 0 aliphatic rings. The van der Waals surface area contributed by atoms with E-state index in [2.05, 4.69) is 5.32 Å².